The number of carboxylic acid groups (broad SMARTS) is 2. The third kappa shape index (κ3) is 33.1. The van der Waals surface area contributed by atoms with Gasteiger partial charge in [-0.1, -0.05) is 0 Å². The topological polar surface area (TPSA) is 83.8 Å². The van der Waals surface area contributed by atoms with Crippen molar-refractivity contribution in [2.75, 3.05) is 0 Å². The van der Waals surface area contributed by atoms with Gasteiger partial charge in [0.1, 0.15) is 0 Å². The zero-order valence-corrected chi connectivity index (χ0v) is 9.62. The van der Waals surface area contributed by atoms with Crippen LogP contribution in [0.5, 0.6) is 0 Å². The van der Waals surface area contributed by atoms with E-state index in [-0.39, 0.29) is 8.82 Å². The molecule has 2 N–H and O–H groups in total. The van der Waals surface area contributed by atoms with Gasteiger partial charge in [-0.3, -0.25) is 0 Å². The van der Waals surface area contributed by atoms with Crippen LogP contribution in [0.3, 0.4) is 0 Å². The number of carbonyl (C=O) groups is 2. The molecule has 0 bridgehead atoms. The molecule has 6 heteroatoms. The molecule has 0 aliphatic rings. The van der Waals surface area contributed by atoms with Crippen LogP contribution in [-0.2, 0) is 4.74 Å². The second-order valence-corrected chi connectivity index (χ2v) is 3.81. The largest absolute Gasteiger partial charge is 0.503 e. The molecule has 0 spiro atoms. The summed E-state index contributed by atoms with van der Waals surface area (Å²) < 4.78 is 4.77. The maximum atomic E-state index is 10.3. The van der Waals surface area contributed by atoms with Gasteiger partial charge in [0, 0.05) is 0 Å². The quantitative estimate of drug-likeness (QED) is 0.557. The summed E-state index contributed by atoms with van der Waals surface area (Å²) >= 11 is 0.489. The number of hydrogen-bond acceptors (Lipinski definition) is 3. The van der Waals surface area contributed by atoms with Gasteiger partial charge in [-0.2, -0.15) is 0 Å². The fraction of sp³-hybridized carbons (Fsp3) is 0.667. The van der Waals surface area contributed by atoms with Crippen molar-refractivity contribution in [3.63, 3.8) is 0 Å². The molecular weight excluding hydrogens is 175 g/mol. The summed E-state index contributed by atoms with van der Waals surface area (Å²) in [6.07, 6.45) is -1.83. The van der Waals surface area contributed by atoms with Crippen molar-refractivity contribution in [2.24, 2.45) is 0 Å². The molecule has 0 fully saturated rings. The van der Waals surface area contributed by atoms with E-state index in [0.29, 0.717) is 27.9 Å². The number of carbonyl (C=O) groups excluding carboxylic acids is 1. The minimum Gasteiger partial charge on any atom is -0.450 e. The molecule has 0 aromatic carbocycles. The summed E-state index contributed by atoms with van der Waals surface area (Å²) in [5, 5.41) is 13.9. The molecule has 0 saturated carbocycles. The molecule has 0 aliphatic heterocycles. The summed E-state index contributed by atoms with van der Waals surface area (Å²) in [7, 11) is 0. The van der Waals surface area contributed by atoms with Crippen molar-refractivity contribution in [1.82, 2.24) is 0 Å². The van der Waals surface area contributed by atoms with Gasteiger partial charge in [0.15, 0.2) is 0 Å². The Morgan fingerprint density at radius 2 is 1.50 bits per heavy atom. The Hall–Kier alpha value is -0.260. The SMILES string of the molecule is CC(C)(C)O[C](=O)[Na].O=C(O)O. The van der Waals surface area contributed by atoms with Crippen molar-refractivity contribution in [3.05, 3.63) is 0 Å². The Labute approximate surface area is 88.1 Å². The summed E-state index contributed by atoms with van der Waals surface area (Å²) in [6.45, 7) is 5.59. The predicted octanol–water partition coefficient (Wildman–Crippen LogP) is 1.31. The molecule has 12 heavy (non-hydrogen) atoms. The Balaban J connectivity index is 0. The van der Waals surface area contributed by atoms with Gasteiger partial charge in [-0.05, 0) is 0 Å². The van der Waals surface area contributed by atoms with E-state index in [4.69, 9.17) is 19.7 Å². The van der Waals surface area contributed by atoms with Crippen LogP contribution in [0.25, 0.3) is 0 Å². The average molecular weight is 186 g/mol. The molecule has 0 atom stereocenters. The molecule has 0 heterocycles. The molecule has 0 aliphatic carbocycles. The third-order valence-corrected chi connectivity index (χ3v) is 0.654. The van der Waals surface area contributed by atoms with E-state index in [1.54, 1.807) is 0 Å². The van der Waals surface area contributed by atoms with Crippen LogP contribution < -0.4 is 0 Å². The first-order valence-electron chi connectivity index (χ1n) is 3.26. The number of ether oxygens (including phenoxy) is 1. The molecule has 66 valence electrons. The second-order valence-electron chi connectivity index (χ2n) is 2.99. The molecule has 0 amide bonds. The first kappa shape index (κ1) is 14.3. The van der Waals surface area contributed by atoms with Crippen molar-refractivity contribution < 1.29 is 24.5 Å². The fourth-order valence-corrected chi connectivity index (χ4v) is 1.04. The normalized spacial score (nSPS) is 9.42. The fourth-order valence-electron chi connectivity index (χ4n) is 0.431. The average Bonchev–Trinajstić information content (AvgIpc) is 1.52. The van der Waals surface area contributed by atoms with E-state index in [2.05, 4.69) is 0 Å². The summed E-state index contributed by atoms with van der Waals surface area (Å²) in [5.74, 6) is 0. The standard InChI is InChI=1S/C5H9O2.CH2O3.Na/c1-5(2,3)7-4-6;2-1(3)4;/h1-3H3;(H2,2,3,4);. The Morgan fingerprint density at radius 3 is 1.50 bits per heavy atom. The van der Waals surface area contributed by atoms with Crippen LogP contribution >= 0.6 is 0 Å². The van der Waals surface area contributed by atoms with Crippen molar-refractivity contribution in [1.29, 1.82) is 0 Å². The Bertz CT molecular complexity index is 156. The number of hydrogen-bond donors (Lipinski definition) is 2. The van der Waals surface area contributed by atoms with Gasteiger partial charge in [-0.25, -0.2) is 4.79 Å². The molecule has 0 radical (unpaired) electrons. The van der Waals surface area contributed by atoms with Crippen molar-refractivity contribution >= 4 is 37.3 Å². The van der Waals surface area contributed by atoms with Crippen molar-refractivity contribution in [3.8, 4) is 0 Å². The van der Waals surface area contributed by atoms with Crippen LogP contribution in [0.2, 0.25) is 0 Å². The van der Waals surface area contributed by atoms with Gasteiger partial charge in [0.25, 0.3) is 0 Å². The van der Waals surface area contributed by atoms with Gasteiger partial charge in [0.2, 0.25) is 0 Å². The van der Waals surface area contributed by atoms with E-state index in [0.717, 1.165) is 0 Å². The predicted molar refractivity (Wildman–Crippen MR) is 42.6 cm³/mol. The zero-order chi connectivity index (χ0) is 10.4. The molecule has 0 rings (SSSR count). The van der Waals surface area contributed by atoms with Crippen molar-refractivity contribution in [2.45, 2.75) is 26.4 Å². The molecule has 0 saturated heterocycles. The van der Waals surface area contributed by atoms with Gasteiger partial charge < -0.3 is 10.2 Å². The number of rotatable bonds is 0. The molecule has 5 nitrogen and oxygen atoms in total. The molecule has 0 unspecified atom stereocenters. The maximum absolute atomic E-state index is 10.3. The summed E-state index contributed by atoms with van der Waals surface area (Å²) in [5.41, 5.74) is -0.293. The van der Waals surface area contributed by atoms with Crippen LogP contribution in [-0.4, -0.2) is 53.1 Å². The van der Waals surface area contributed by atoms with Crippen LogP contribution in [0, 0.1) is 0 Å². The zero-order valence-electron chi connectivity index (χ0n) is 7.62. The Kier molecular flexibility index (Phi) is 7.47. The second kappa shape index (κ2) is 6.28. The summed E-state index contributed by atoms with van der Waals surface area (Å²) in [4.78, 5) is 18.9. The first-order chi connectivity index (χ1) is 5.15. The Morgan fingerprint density at radius 1 is 1.25 bits per heavy atom. The van der Waals surface area contributed by atoms with E-state index in [1.807, 2.05) is 20.8 Å². The monoisotopic (exact) mass is 186 g/mol. The van der Waals surface area contributed by atoms with E-state index >= 15 is 0 Å². The van der Waals surface area contributed by atoms with E-state index in [1.165, 1.54) is 0 Å². The molecule has 0 aromatic heterocycles. The van der Waals surface area contributed by atoms with Crippen LogP contribution in [0.1, 0.15) is 20.8 Å². The minimum atomic E-state index is -1.83. The summed E-state index contributed by atoms with van der Waals surface area (Å²) in [6, 6.07) is 0. The third-order valence-electron chi connectivity index (χ3n) is 0.450. The van der Waals surface area contributed by atoms with Crippen LogP contribution in [0.15, 0.2) is 0 Å². The van der Waals surface area contributed by atoms with E-state index < -0.39 is 6.16 Å². The maximum Gasteiger partial charge on any atom is 0.503 e. The molecular formula is C6H11NaO5. The first-order valence-corrected chi connectivity index (χ1v) is 4.26. The smallest absolute Gasteiger partial charge is 0.450 e. The van der Waals surface area contributed by atoms with Gasteiger partial charge in [0.05, 0.1) is 0 Å². The molecule has 0 aromatic rings. The van der Waals surface area contributed by atoms with Gasteiger partial charge in [-0.15, -0.1) is 0 Å². The van der Waals surface area contributed by atoms with E-state index in [9.17, 15) is 4.79 Å². The van der Waals surface area contributed by atoms with Crippen LogP contribution in [0.4, 0.5) is 9.59 Å². The van der Waals surface area contributed by atoms with Gasteiger partial charge >= 0.3 is 73.2 Å². The minimum absolute atomic E-state index is 0.0856.